The Labute approximate surface area is 100 Å². The van der Waals surface area contributed by atoms with Crippen molar-refractivity contribution in [3.05, 3.63) is 0 Å². The molecule has 0 radical (unpaired) electrons. The summed E-state index contributed by atoms with van der Waals surface area (Å²) in [7, 11) is 0. The van der Waals surface area contributed by atoms with Crippen LogP contribution >= 0.6 is 0 Å². The molecule has 0 aromatic carbocycles. The van der Waals surface area contributed by atoms with Crippen LogP contribution in [0.1, 0.15) is 20.3 Å². The zero-order chi connectivity index (χ0) is 13.3. The van der Waals surface area contributed by atoms with Gasteiger partial charge in [-0.05, 0) is 13.8 Å². The monoisotopic (exact) mass is 244 g/mol. The molecule has 0 unspecified atom stereocenters. The van der Waals surface area contributed by atoms with Crippen molar-refractivity contribution in [3.8, 4) is 0 Å². The Morgan fingerprint density at radius 1 is 1.06 bits per heavy atom. The number of amides is 3. The summed E-state index contributed by atoms with van der Waals surface area (Å²) in [5.41, 5.74) is 5.16. The lowest BCUT2D eigenvalue weighted by molar-refractivity contribution is -0.139. The van der Waals surface area contributed by atoms with Gasteiger partial charge in [0.1, 0.15) is 0 Å². The predicted octanol–water partition coefficient (Wildman–Crippen LogP) is -1.91. The van der Waals surface area contributed by atoms with Crippen LogP contribution in [0.2, 0.25) is 0 Å². The number of carbonyl (C=O) groups excluding carboxylic acids is 3. The van der Waals surface area contributed by atoms with Crippen LogP contribution in [0, 0.1) is 0 Å². The summed E-state index contributed by atoms with van der Waals surface area (Å²) >= 11 is 0. The molecule has 0 saturated heterocycles. The molecular weight excluding hydrogens is 224 g/mol. The highest BCUT2D eigenvalue weighted by Gasteiger charge is 2.12. The third-order valence-corrected chi connectivity index (χ3v) is 1.72. The van der Waals surface area contributed by atoms with Gasteiger partial charge in [-0.3, -0.25) is 14.4 Å². The molecule has 5 N–H and O–H groups in total. The van der Waals surface area contributed by atoms with Gasteiger partial charge in [0.25, 0.3) is 0 Å². The highest BCUT2D eigenvalue weighted by atomic mass is 16.2. The molecule has 7 nitrogen and oxygen atoms in total. The lowest BCUT2D eigenvalue weighted by Crippen LogP contribution is -2.43. The van der Waals surface area contributed by atoms with E-state index in [1.807, 2.05) is 13.8 Å². The van der Waals surface area contributed by atoms with Gasteiger partial charge in [0.05, 0.1) is 0 Å². The van der Waals surface area contributed by atoms with Crippen LogP contribution in [0.5, 0.6) is 0 Å². The van der Waals surface area contributed by atoms with Crippen molar-refractivity contribution in [2.24, 2.45) is 5.73 Å². The molecule has 0 aromatic rings. The van der Waals surface area contributed by atoms with E-state index >= 15 is 0 Å². The second kappa shape index (κ2) is 8.51. The molecular formula is C10H20N4O3. The van der Waals surface area contributed by atoms with Crippen molar-refractivity contribution in [3.63, 3.8) is 0 Å². The summed E-state index contributed by atoms with van der Waals surface area (Å²) in [6, 6.07) is 0.0612. The second-order valence-corrected chi connectivity index (χ2v) is 3.77. The zero-order valence-electron chi connectivity index (χ0n) is 10.2. The zero-order valence-corrected chi connectivity index (χ0v) is 10.2. The lowest BCUT2D eigenvalue weighted by Gasteiger charge is -2.08. The van der Waals surface area contributed by atoms with Gasteiger partial charge in [0, 0.05) is 32.1 Å². The van der Waals surface area contributed by atoms with E-state index in [0.29, 0.717) is 0 Å². The average molecular weight is 244 g/mol. The normalized spacial score (nSPS) is 9.88. The molecule has 0 spiro atoms. The molecule has 98 valence electrons. The van der Waals surface area contributed by atoms with Crippen molar-refractivity contribution in [2.75, 3.05) is 19.6 Å². The smallest absolute Gasteiger partial charge is 0.309 e. The van der Waals surface area contributed by atoms with Crippen LogP contribution < -0.4 is 21.7 Å². The molecule has 0 aliphatic carbocycles. The number of nitrogens with one attached hydrogen (secondary N) is 3. The highest BCUT2D eigenvalue weighted by Crippen LogP contribution is 1.82. The first-order chi connectivity index (χ1) is 7.97. The van der Waals surface area contributed by atoms with Gasteiger partial charge in [0.15, 0.2) is 0 Å². The first kappa shape index (κ1) is 15.4. The third-order valence-electron chi connectivity index (χ3n) is 1.72. The molecule has 0 aliphatic rings. The van der Waals surface area contributed by atoms with Gasteiger partial charge in [-0.15, -0.1) is 0 Å². The van der Waals surface area contributed by atoms with E-state index in [-0.39, 0.29) is 38.0 Å². The van der Waals surface area contributed by atoms with Gasteiger partial charge < -0.3 is 21.7 Å². The molecule has 0 saturated carbocycles. The van der Waals surface area contributed by atoms with E-state index in [4.69, 9.17) is 5.73 Å². The minimum atomic E-state index is -0.754. The molecule has 0 fully saturated rings. The Morgan fingerprint density at radius 3 is 2.06 bits per heavy atom. The maximum Gasteiger partial charge on any atom is 0.309 e. The first-order valence-electron chi connectivity index (χ1n) is 5.52. The maximum atomic E-state index is 11.2. The van der Waals surface area contributed by atoms with Crippen molar-refractivity contribution >= 4 is 17.7 Å². The summed E-state index contributed by atoms with van der Waals surface area (Å²) < 4.78 is 0. The van der Waals surface area contributed by atoms with Gasteiger partial charge in [-0.2, -0.15) is 0 Å². The fourth-order valence-corrected chi connectivity index (χ4v) is 1.03. The highest BCUT2D eigenvalue weighted by molar-refractivity contribution is 6.35. The van der Waals surface area contributed by atoms with Crippen molar-refractivity contribution in [1.29, 1.82) is 0 Å². The van der Waals surface area contributed by atoms with Crippen LogP contribution in [-0.2, 0) is 14.4 Å². The molecule has 3 amide bonds. The number of hydrogen-bond donors (Lipinski definition) is 4. The van der Waals surface area contributed by atoms with Crippen LogP contribution in [-0.4, -0.2) is 43.4 Å². The third kappa shape index (κ3) is 8.21. The van der Waals surface area contributed by atoms with E-state index in [9.17, 15) is 14.4 Å². The molecule has 17 heavy (non-hydrogen) atoms. The van der Waals surface area contributed by atoms with Gasteiger partial charge in [0.2, 0.25) is 5.91 Å². The predicted molar refractivity (Wildman–Crippen MR) is 63.0 cm³/mol. The van der Waals surface area contributed by atoms with E-state index in [1.54, 1.807) is 0 Å². The molecule has 7 heteroatoms. The Bertz CT molecular complexity index is 279. The Hall–Kier alpha value is -1.63. The van der Waals surface area contributed by atoms with Crippen molar-refractivity contribution in [2.45, 2.75) is 26.3 Å². The fourth-order valence-electron chi connectivity index (χ4n) is 1.03. The Kier molecular flexibility index (Phi) is 7.70. The molecule has 0 aliphatic heterocycles. The topological polar surface area (TPSA) is 113 Å². The largest absolute Gasteiger partial charge is 0.354 e. The fraction of sp³-hybridized carbons (Fsp3) is 0.700. The number of nitrogens with two attached hydrogens (primary N) is 1. The van der Waals surface area contributed by atoms with E-state index in [1.165, 1.54) is 0 Å². The second-order valence-electron chi connectivity index (χ2n) is 3.77. The molecule has 0 rings (SSSR count). The molecule has 0 bridgehead atoms. The summed E-state index contributed by atoms with van der Waals surface area (Å²) in [6.07, 6.45) is 0.147. The number of hydrogen-bond acceptors (Lipinski definition) is 4. The lowest BCUT2D eigenvalue weighted by atomic mass is 10.3. The Morgan fingerprint density at radius 2 is 1.59 bits per heavy atom. The van der Waals surface area contributed by atoms with Crippen LogP contribution in [0.3, 0.4) is 0 Å². The van der Waals surface area contributed by atoms with E-state index in [0.717, 1.165) is 0 Å². The summed E-state index contributed by atoms with van der Waals surface area (Å²) in [6.45, 7) is 4.34. The average Bonchev–Trinajstić information content (AvgIpc) is 2.24. The van der Waals surface area contributed by atoms with Crippen LogP contribution in [0.15, 0.2) is 0 Å². The minimum absolute atomic E-state index is 0.0612. The number of carbonyl (C=O) groups is 3. The van der Waals surface area contributed by atoms with Crippen molar-refractivity contribution < 1.29 is 14.4 Å². The van der Waals surface area contributed by atoms with Gasteiger partial charge in [-0.1, -0.05) is 0 Å². The van der Waals surface area contributed by atoms with E-state index in [2.05, 4.69) is 16.0 Å². The first-order valence-corrected chi connectivity index (χ1v) is 5.52. The van der Waals surface area contributed by atoms with Crippen LogP contribution in [0.4, 0.5) is 0 Å². The van der Waals surface area contributed by atoms with Gasteiger partial charge in [-0.25, -0.2) is 0 Å². The summed E-state index contributed by atoms with van der Waals surface area (Å²) in [4.78, 5) is 33.4. The number of rotatable bonds is 6. The minimum Gasteiger partial charge on any atom is -0.354 e. The van der Waals surface area contributed by atoms with E-state index < -0.39 is 11.8 Å². The molecule has 0 aromatic heterocycles. The van der Waals surface area contributed by atoms with Crippen LogP contribution in [0.25, 0.3) is 0 Å². The summed E-state index contributed by atoms with van der Waals surface area (Å²) in [5.74, 6) is -1.65. The van der Waals surface area contributed by atoms with Crippen molar-refractivity contribution in [1.82, 2.24) is 16.0 Å². The molecule has 0 atom stereocenters. The SMILES string of the molecule is CC(C)NC(=O)CCNC(=O)C(=O)NCCN. The standard InChI is InChI=1S/C10H20N4O3/c1-7(2)14-8(15)3-5-12-9(16)10(17)13-6-4-11/h7H,3-6,11H2,1-2H3,(H,12,16)(H,13,17)(H,14,15). The molecule has 0 heterocycles. The quantitative estimate of drug-likeness (QED) is 0.408. The Balaban J connectivity index is 3.70. The summed E-state index contributed by atoms with van der Waals surface area (Å²) in [5, 5.41) is 7.34. The van der Waals surface area contributed by atoms with Gasteiger partial charge >= 0.3 is 11.8 Å². The maximum absolute atomic E-state index is 11.2.